The summed E-state index contributed by atoms with van der Waals surface area (Å²) in [7, 11) is 1.77. The van der Waals surface area contributed by atoms with Crippen molar-refractivity contribution in [3.05, 3.63) is 23.5 Å². The Morgan fingerprint density at radius 2 is 2.00 bits per heavy atom. The van der Waals surface area contributed by atoms with E-state index in [1.165, 1.54) is 0 Å². The SMILES string of the molecule is CC(C)C(=O)c1ccc(CC(N)=O)n1C. The molecule has 0 spiro atoms. The van der Waals surface area contributed by atoms with Crippen molar-refractivity contribution in [1.29, 1.82) is 0 Å². The third kappa shape index (κ3) is 2.46. The molecule has 1 rings (SSSR count). The highest BCUT2D eigenvalue weighted by Gasteiger charge is 2.16. The third-order valence-corrected chi connectivity index (χ3v) is 2.36. The van der Waals surface area contributed by atoms with Gasteiger partial charge in [0.2, 0.25) is 5.91 Å². The molecule has 4 heteroatoms. The number of rotatable bonds is 4. The lowest BCUT2D eigenvalue weighted by molar-refractivity contribution is -0.117. The number of amides is 1. The molecule has 1 amide bonds. The molecular formula is C11H16N2O2. The summed E-state index contributed by atoms with van der Waals surface area (Å²) in [6.07, 6.45) is 0.169. The van der Waals surface area contributed by atoms with Gasteiger partial charge in [-0.1, -0.05) is 13.8 Å². The highest BCUT2D eigenvalue weighted by Crippen LogP contribution is 2.12. The zero-order valence-electron chi connectivity index (χ0n) is 9.28. The number of Topliss-reactive ketones (excluding diaryl/α,β-unsaturated/α-hetero) is 1. The standard InChI is InChI=1S/C11H16N2O2/c1-7(2)11(15)9-5-4-8(13(9)3)6-10(12)14/h4-5,7H,6H2,1-3H3,(H2,12,14). The van der Waals surface area contributed by atoms with Crippen LogP contribution in [-0.2, 0) is 18.3 Å². The van der Waals surface area contributed by atoms with Crippen LogP contribution in [0.5, 0.6) is 0 Å². The number of aromatic nitrogens is 1. The molecule has 0 aliphatic carbocycles. The number of nitrogens with two attached hydrogens (primary N) is 1. The molecule has 1 aromatic rings. The van der Waals surface area contributed by atoms with E-state index in [4.69, 9.17) is 5.73 Å². The van der Waals surface area contributed by atoms with Gasteiger partial charge in [-0.05, 0) is 12.1 Å². The first-order valence-electron chi connectivity index (χ1n) is 4.90. The van der Waals surface area contributed by atoms with Gasteiger partial charge in [0.25, 0.3) is 0 Å². The second kappa shape index (κ2) is 4.29. The number of hydrogen-bond donors (Lipinski definition) is 1. The lowest BCUT2D eigenvalue weighted by atomic mass is 10.1. The number of primary amides is 1. The van der Waals surface area contributed by atoms with Crippen molar-refractivity contribution in [2.45, 2.75) is 20.3 Å². The summed E-state index contributed by atoms with van der Waals surface area (Å²) in [5.41, 5.74) is 6.50. The zero-order chi connectivity index (χ0) is 11.6. The summed E-state index contributed by atoms with van der Waals surface area (Å²) in [5, 5.41) is 0. The van der Waals surface area contributed by atoms with Gasteiger partial charge in [0.05, 0.1) is 12.1 Å². The lowest BCUT2D eigenvalue weighted by Crippen LogP contribution is -2.18. The average molecular weight is 208 g/mol. The van der Waals surface area contributed by atoms with Crippen molar-refractivity contribution in [2.75, 3.05) is 0 Å². The number of ketones is 1. The van der Waals surface area contributed by atoms with Gasteiger partial charge < -0.3 is 10.3 Å². The van der Waals surface area contributed by atoms with Crippen molar-refractivity contribution in [3.8, 4) is 0 Å². The molecule has 0 atom stereocenters. The maximum Gasteiger partial charge on any atom is 0.223 e. The van der Waals surface area contributed by atoms with E-state index in [1.54, 1.807) is 23.7 Å². The molecule has 0 saturated heterocycles. The van der Waals surface area contributed by atoms with E-state index in [0.29, 0.717) is 5.69 Å². The van der Waals surface area contributed by atoms with E-state index in [0.717, 1.165) is 5.69 Å². The Hall–Kier alpha value is -1.58. The summed E-state index contributed by atoms with van der Waals surface area (Å²) in [4.78, 5) is 22.5. The van der Waals surface area contributed by atoms with Crippen LogP contribution >= 0.6 is 0 Å². The van der Waals surface area contributed by atoms with Gasteiger partial charge >= 0.3 is 0 Å². The number of carbonyl (C=O) groups excluding carboxylic acids is 2. The maximum absolute atomic E-state index is 11.7. The van der Waals surface area contributed by atoms with Crippen LogP contribution in [0.2, 0.25) is 0 Å². The van der Waals surface area contributed by atoms with Crippen LogP contribution in [0.3, 0.4) is 0 Å². The predicted octanol–water partition coefficient (Wildman–Crippen LogP) is 0.892. The highest BCUT2D eigenvalue weighted by molar-refractivity contribution is 5.96. The molecule has 0 aromatic carbocycles. The van der Waals surface area contributed by atoms with Gasteiger partial charge in [-0.3, -0.25) is 9.59 Å². The molecule has 0 saturated carbocycles. The van der Waals surface area contributed by atoms with Crippen LogP contribution < -0.4 is 5.73 Å². The Morgan fingerprint density at radius 1 is 1.40 bits per heavy atom. The fourth-order valence-corrected chi connectivity index (χ4v) is 1.45. The van der Waals surface area contributed by atoms with Crippen LogP contribution in [0, 0.1) is 5.92 Å². The van der Waals surface area contributed by atoms with E-state index in [2.05, 4.69) is 0 Å². The second-order valence-electron chi connectivity index (χ2n) is 3.93. The smallest absolute Gasteiger partial charge is 0.223 e. The third-order valence-electron chi connectivity index (χ3n) is 2.36. The summed E-state index contributed by atoms with van der Waals surface area (Å²) in [6, 6.07) is 3.50. The topological polar surface area (TPSA) is 65.1 Å². The molecule has 1 aromatic heterocycles. The Labute approximate surface area is 89.1 Å². The minimum atomic E-state index is -0.389. The Morgan fingerprint density at radius 3 is 2.47 bits per heavy atom. The number of carbonyl (C=O) groups is 2. The largest absolute Gasteiger partial charge is 0.369 e. The maximum atomic E-state index is 11.7. The molecule has 4 nitrogen and oxygen atoms in total. The first-order valence-corrected chi connectivity index (χ1v) is 4.90. The Kier molecular flexibility index (Phi) is 3.29. The monoisotopic (exact) mass is 208 g/mol. The second-order valence-corrected chi connectivity index (χ2v) is 3.93. The molecule has 0 unspecified atom stereocenters. The lowest BCUT2D eigenvalue weighted by Gasteiger charge is -2.07. The van der Waals surface area contributed by atoms with E-state index in [1.807, 2.05) is 13.8 Å². The summed E-state index contributed by atoms with van der Waals surface area (Å²) >= 11 is 0. The first kappa shape index (κ1) is 11.5. The van der Waals surface area contributed by atoms with Crippen LogP contribution in [-0.4, -0.2) is 16.3 Å². The van der Waals surface area contributed by atoms with Crippen molar-refractivity contribution < 1.29 is 9.59 Å². The minimum absolute atomic E-state index is 0.0416. The van der Waals surface area contributed by atoms with E-state index in [-0.39, 0.29) is 24.0 Å². The fraction of sp³-hybridized carbons (Fsp3) is 0.455. The van der Waals surface area contributed by atoms with Gasteiger partial charge in [0.15, 0.2) is 5.78 Å². The molecule has 0 bridgehead atoms. The Bertz CT molecular complexity index is 391. The number of nitrogens with zero attached hydrogens (tertiary/aromatic N) is 1. The normalized spacial score (nSPS) is 10.7. The molecule has 2 N–H and O–H groups in total. The van der Waals surface area contributed by atoms with Gasteiger partial charge in [-0.25, -0.2) is 0 Å². The molecule has 0 aliphatic heterocycles. The Balaban J connectivity index is 2.98. The zero-order valence-corrected chi connectivity index (χ0v) is 9.28. The quantitative estimate of drug-likeness (QED) is 0.747. The highest BCUT2D eigenvalue weighted by atomic mass is 16.1. The molecule has 0 radical (unpaired) electrons. The van der Waals surface area contributed by atoms with Gasteiger partial charge in [-0.2, -0.15) is 0 Å². The molecule has 1 heterocycles. The van der Waals surface area contributed by atoms with E-state index in [9.17, 15) is 9.59 Å². The summed E-state index contributed by atoms with van der Waals surface area (Å²) < 4.78 is 1.73. The fourth-order valence-electron chi connectivity index (χ4n) is 1.45. The van der Waals surface area contributed by atoms with E-state index >= 15 is 0 Å². The van der Waals surface area contributed by atoms with Crippen LogP contribution in [0.15, 0.2) is 12.1 Å². The number of hydrogen-bond acceptors (Lipinski definition) is 2. The average Bonchev–Trinajstić information content (AvgIpc) is 2.46. The molecule has 0 aliphatic rings. The van der Waals surface area contributed by atoms with E-state index < -0.39 is 0 Å². The van der Waals surface area contributed by atoms with Gasteiger partial charge in [0.1, 0.15) is 0 Å². The molecular weight excluding hydrogens is 192 g/mol. The van der Waals surface area contributed by atoms with Crippen LogP contribution in [0.25, 0.3) is 0 Å². The molecule has 0 fully saturated rings. The van der Waals surface area contributed by atoms with Crippen molar-refractivity contribution >= 4 is 11.7 Å². The minimum Gasteiger partial charge on any atom is -0.369 e. The summed E-state index contributed by atoms with van der Waals surface area (Å²) in [6.45, 7) is 3.70. The van der Waals surface area contributed by atoms with Gasteiger partial charge in [-0.15, -0.1) is 0 Å². The van der Waals surface area contributed by atoms with Crippen molar-refractivity contribution in [3.63, 3.8) is 0 Å². The van der Waals surface area contributed by atoms with Crippen LogP contribution in [0.1, 0.15) is 30.0 Å². The van der Waals surface area contributed by atoms with Crippen molar-refractivity contribution in [1.82, 2.24) is 4.57 Å². The van der Waals surface area contributed by atoms with Gasteiger partial charge in [0, 0.05) is 18.7 Å². The molecule has 82 valence electrons. The van der Waals surface area contributed by atoms with Crippen LogP contribution in [0.4, 0.5) is 0 Å². The summed E-state index contributed by atoms with van der Waals surface area (Å²) in [5.74, 6) is -0.354. The molecule has 15 heavy (non-hydrogen) atoms. The predicted molar refractivity (Wildman–Crippen MR) is 57.5 cm³/mol. The van der Waals surface area contributed by atoms with Crippen molar-refractivity contribution in [2.24, 2.45) is 18.7 Å². The first-order chi connectivity index (χ1) is 6.93.